The van der Waals surface area contributed by atoms with Gasteiger partial charge in [-0.05, 0) is 39.7 Å². The molecule has 1 aliphatic heterocycles. The molecule has 0 amide bonds. The Morgan fingerprint density at radius 2 is 2.28 bits per heavy atom. The molecule has 0 aliphatic carbocycles. The van der Waals surface area contributed by atoms with Crippen LogP contribution in [0.1, 0.15) is 38.4 Å². The highest BCUT2D eigenvalue weighted by molar-refractivity contribution is 4.89. The number of nitrogens with zero attached hydrogens (tertiary/aromatic N) is 3. The lowest BCUT2D eigenvalue weighted by molar-refractivity contribution is 0.0842. The Morgan fingerprint density at radius 3 is 2.94 bits per heavy atom. The van der Waals surface area contributed by atoms with Crippen molar-refractivity contribution in [2.24, 2.45) is 0 Å². The molecule has 1 saturated heterocycles. The molecule has 2 unspecified atom stereocenters. The zero-order valence-corrected chi connectivity index (χ0v) is 11.5. The zero-order chi connectivity index (χ0) is 13.0. The Hall–Kier alpha value is -0.870. The van der Waals surface area contributed by atoms with Crippen molar-refractivity contribution in [2.75, 3.05) is 13.1 Å². The number of aryl methyl sites for hydroxylation is 1. The average molecular weight is 251 g/mol. The Morgan fingerprint density at radius 1 is 1.44 bits per heavy atom. The van der Waals surface area contributed by atoms with E-state index in [1.165, 1.54) is 25.8 Å². The minimum Gasteiger partial charge on any atom is -0.393 e. The number of imidazole rings is 1. The second-order valence-electron chi connectivity index (χ2n) is 5.44. The predicted molar refractivity (Wildman–Crippen MR) is 72.5 cm³/mol. The number of hydrogen-bond acceptors (Lipinski definition) is 3. The maximum atomic E-state index is 9.58. The van der Waals surface area contributed by atoms with E-state index >= 15 is 0 Å². The average Bonchev–Trinajstić information content (AvgIpc) is 2.73. The molecular weight excluding hydrogens is 226 g/mol. The van der Waals surface area contributed by atoms with Crippen LogP contribution in [-0.2, 0) is 6.54 Å². The van der Waals surface area contributed by atoms with E-state index in [1.807, 2.05) is 26.2 Å². The molecular formula is C14H25N3O. The van der Waals surface area contributed by atoms with Gasteiger partial charge in [-0.15, -0.1) is 0 Å². The van der Waals surface area contributed by atoms with Gasteiger partial charge in [-0.2, -0.15) is 0 Å². The molecule has 1 aliphatic rings. The van der Waals surface area contributed by atoms with Crippen LogP contribution < -0.4 is 0 Å². The van der Waals surface area contributed by atoms with E-state index in [-0.39, 0.29) is 6.10 Å². The monoisotopic (exact) mass is 251 g/mol. The van der Waals surface area contributed by atoms with Crippen LogP contribution in [-0.4, -0.2) is 44.8 Å². The molecule has 4 nitrogen and oxygen atoms in total. The molecule has 2 heterocycles. The first kappa shape index (κ1) is 13.6. The van der Waals surface area contributed by atoms with E-state index in [9.17, 15) is 5.11 Å². The second kappa shape index (κ2) is 6.34. The lowest BCUT2D eigenvalue weighted by atomic mass is 9.97. The fourth-order valence-corrected chi connectivity index (χ4v) is 2.89. The minimum absolute atomic E-state index is 0.189. The van der Waals surface area contributed by atoms with Crippen LogP contribution in [0, 0.1) is 6.92 Å². The number of aliphatic hydroxyl groups excluding tert-OH is 1. The quantitative estimate of drug-likeness (QED) is 0.868. The molecule has 1 aromatic heterocycles. The van der Waals surface area contributed by atoms with Gasteiger partial charge in [0.2, 0.25) is 0 Å². The number of aromatic nitrogens is 2. The van der Waals surface area contributed by atoms with Crippen LogP contribution in [0.25, 0.3) is 0 Å². The van der Waals surface area contributed by atoms with Crippen LogP contribution in [0.2, 0.25) is 0 Å². The number of likely N-dealkylation sites (tertiary alicyclic amines) is 1. The Bertz CT molecular complexity index is 362. The summed E-state index contributed by atoms with van der Waals surface area (Å²) in [6.07, 6.45) is 8.45. The van der Waals surface area contributed by atoms with Crippen LogP contribution in [0.15, 0.2) is 12.4 Å². The summed E-state index contributed by atoms with van der Waals surface area (Å²) in [6.45, 7) is 7.18. The molecule has 0 spiro atoms. The molecule has 1 N–H and O–H groups in total. The van der Waals surface area contributed by atoms with Gasteiger partial charge in [0.05, 0.1) is 6.10 Å². The molecule has 102 valence electrons. The van der Waals surface area contributed by atoms with Gasteiger partial charge < -0.3 is 9.67 Å². The number of piperidine rings is 1. The van der Waals surface area contributed by atoms with Crippen molar-refractivity contribution in [3.05, 3.63) is 18.2 Å². The van der Waals surface area contributed by atoms with Gasteiger partial charge in [0.15, 0.2) is 0 Å². The van der Waals surface area contributed by atoms with Crippen molar-refractivity contribution in [2.45, 2.75) is 58.2 Å². The number of rotatable bonds is 5. The van der Waals surface area contributed by atoms with Crippen LogP contribution in [0.5, 0.6) is 0 Å². The first-order valence-electron chi connectivity index (χ1n) is 7.06. The molecule has 1 aromatic rings. The summed E-state index contributed by atoms with van der Waals surface area (Å²) in [5, 5.41) is 9.58. The van der Waals surface area contributed by atoms with Gasteiger partial charge in [-0.3, -0.25) is 4.90 Å². The Kier molecular flexibility index (Phi) is 4.78. The molecule has 18 heavy (non-hydrogen) atoms. The van der Waals surface area contributed by atoms with Crippen LogP contribution in [0.4, 0.5) is 0 Å². The molecule has 4 heteroatoms. The van der Waals surface area contributed by atoms with Gasteiger partial charge in [0, 0.05) is 31.5 Å². The van der Waals surface area contributed by atoms with Crippen molar-refractivity contribution < 1.29 is 5.11 Å². The van der Waals surface area contributed by atoms with E-state index in [4.69, 9.17) is 0 Å². The normalized spacial score (nSPS) is 23.2. The topological polar surface area (TPSA) is 41.3 Å². The molecule has 2 rings (SSSR count). The SMILES string of the molecule is Cc1nccn1CCN1CCCCC1CC(C)O. The van der Waals surface area contributed by atoms with Crippen molar-refractivity contribution in [1.82, 2.24) is 14.5 Å². The van der Waals surface area contributed by atoms with Crippen molar-refractivity contribution in [3.63, 3.8) is 0 Å². The third-order valence-electron chi connectivity index (χ3n) is 3.91. The van der Waals surface area contributed by atoms with Gasteiger partial charge in [-0.25, -0.2) is 4.98 Å². The van der Waals surface area contributed by atoms with Crippen molar-refractivity contribution in [1.29, 1.82) is 0 Å². The fraction of sp³-hybridized carbons (Fsp3) is 0.786. The first-order valence-corrected chi connectivity index (χ1v) is 7.06. The summed E-state index contributed by atoms with van der Waals surface area (Å²) in [7, 11) is 0. The molecule has 0 radical (unpaired) electrons. The predicted octanol–water partition coefficient (Wildman–Crippen LogP) is 1.82. The molecule has 0 saturated carbocycles. The number of hydrogen-bond donors (Lipinski definition) is 1. The maximum Gasteiger partial charge on any atom is 0.105 e. The lowest BCUT2D eigenvalue weighted by Crippen LogP contribution is -2.42. The minimum atomic E-state index is -0.189. The highest BCUT2D eigenvalue weighted by Gasteiger charge is 2.23. The molecule has 2 atom stereocenters. The molecule has 0 bridgehead atoms. The smallest absolute Gasteiger partial charge is 0.105 e. The van der Waals surface area contributed by atoms with Crippen LogP contribution in [0.3, 0.4) is 0 Å². The third-order valence-corrected chi connectivity index (χ3v) is 3.91. The van der Waals surface area contributed by atoms with E-state index in [1.54, 1.807) is 0 Å². The van der Waals surface area contributed by atoms with Crippen molar-refractivity contribution >= 4 is 0 Å². The van der Waals surface area contributed by atoms with E-state index in [0.29, 0.717) is 6.04 Å². The Balaban J connectivity index is 1.87. The van der Waals surface area contributed by atoms with E-state index < -0.39 is 0 Å². The largest absolute Gasteiger partial charge is 0.393 e. The number of aliphatic hydroxyl groups is 1. The van der Waals surface area contributed by atoms with Crippen LogP contribution >= 0.6 is 0 Å². The van der Waals surface area contributed by atoms with Crippen molar-refractivity contribution in [3.8, 4) is 0 Å². The lowest BCUT2D eigenvalue weighted by Gasteiger charge is -2.36. The van der Waals surface area contributed by atoms with Gasteiger partial charge in [-0.1, -0.05) is 6.42 Å². The summed E-state index contributed by atoms with van der Waals surface area (Å²) in [6, 6.07) is 0.558. The highest BCUT2D eigenvalue weighted by Crippen LogP contribution is 2.20. The van der Waals surface area contributed by atoms with E-state index in [2.05, 4.69) is 14.5 Å². The summed E-state index contributed by atoms with van der Waals surface area (Å²) in [5.41, 5.74) is 0. The third kappa shape index (κ3) is 3.56. The summed E-state index contributed by atoms with van der Waals surface area (Å²) >= 11 is 0. The highest BCUT2D eigenvalue weighted by atomic mass is 16.3. The van der Waals surface area contributed by atoms with Gasteiger partial charge >= 0.3 is 0 Å². The van der Waals surface area contributed by atoms with Gasteiger partial charge in [0.1, 0.15) is 5.82 Å². The molecule has 0 aromatic carbocycles. The zero-order valence-electron chi connectivity index (χ0n) is 11.5. The molecule has 1 fully saturated rings. The maximum absolute atomic E-state index is 9.58. The summed E-state index contributed by atoms with van der Waals surface area (Å²) < 4.78 is 2.20. The summed E-state index contributed by atoms with van der Waals surface area (Å²) in [4.78, 5) is 6.79. The Labute approximate surface area is 110 Å². The fourth-order valence-electron chi connectivity index (χ4n) is 2.89. The van der Waals surface area contributed by atoms with E-state index in [0.717, 1.165) is 25.3 Å². The first-order chi connectivity index (χ1) is 8.66. The van der Waals surface area contributed by atoms with Gasteiger partial charge in [0.25, 0.3) is 0 Å². The standard InChI is InChI=1S/C14H25N3O/c1-12(18)11-14-5-3-4-7-17(14)10-9-16-8-6-15-13(16)2/h6,8,12,14,18H,3-5,7,9-11H2,1-2H3. The summed E-state index contributed by atoms with van der Waals surface area (Å²) in [5.74, 6) is 1.08. The second-order valence-corrected chi connectivity index (χ2v) is 5.44.